The molecule has 0 amide bonds. The molecule has 0 unspecified atom stereocenters. The van der Waals surface area contributed by atoms with Gasteiger partial charge in [-0.25, -0.2) is 26.3 Å². The lowest BCUT2D eigenvalue weighted by molar-refractivity contribution is -0.138. The number of rotatable bonds is 4. The Morgan fingerprint density at radius 1 is 0.625 bits per heavy atom. The summed E-state index contributed by atoms with van der Waals surface area (Å²) in [5.41, 5.74) is 6.20. The second kappa shape index (κ2) is 8.05. The first-order valence-electron chi connectivity index (χ1n) is 8.24. The van der Waals surface area contributed by atoms with Crippen LogP contribution in [0.3, 0.4) is 0 Å². The summed E-state index contributed by atoms with van der Waals surface area (Å²) in [5, 5.41) is 0. The maximum Gasteiger partial charge on any atom is 0.419 e. The van der Waals surface area contributed by atoms with Crippen LogP contribution in [0.25, 0.3) is 0 Å². The van der Waals surface area contributed by atoms with Crippen LogP contribution in [-0.4, -0.2) is 0 Å². The molecule has 0 aromatic heterocycles. The summed E-state index contributed by atoms with van der Waals surface area (Å²) >= 11 is 0. The third-order valence-corrected chi connectivity index (χ3v) is 4.02. The van der Waals surface area contributed by atoms with Crippen LogP contribution in [0, 0.1) is 34.9 Å². The first-order chi connectivity index (χ1) is 14.8. The molecular formula is C19H9F9N2O2. The predicted octanol–water partition coefficient (Wildman–Crippen LogP) is 6.29. The number of nitrogen functional groups attached to an aromatic ring is 2. The SMILES string of the molecule is Nc1c(F)cc(F)c(Oc2ccc(C(F)(F)F)c(Oc3c(F)cc(F)c(N)c3F)c2)c1F. The molecule has 4 N–H and O–H groups in total. The Morgan fingerprint density at radius 3 is 1.56 bits per heavy atom. The topological polar surface area (TPSA) is 70.5 Å². The summed E-state index contributed by atoms with van der Waals surface area (Å²) in [6.07, 6.45) is -5.12. The van der Waals surface area contributed by atoms with Crippen LogP contribution in [0.15, 0.2) is 30.3 Å². The Bertz CT molecular complexity index is 1210. The maximum absolute atomic E-state index is 14.1. The van der Waals surface area contributed by atoms with Gasteiger partial charge >= 0.3 is 6.18 Å². The van der Waals surface area contributed by atoms with E-state index in [0.29, 0.717) is 18.2 Å². The van der Waals surface area contributed by atoms with E-state index in [1.54, 1.807) is 0 Å². The minimum absolute atomic E-state index is 0.0768. The molecular weight excluding hydrogens is 459 g/mol. The van der Waals surface area contributed by atoms with Gasteiger partial charge in [0.25, 0.3) is 0 Å². The second-order valence-electron chi connectivity index (χ2n) is 6.15. The molecule has 0 bridgehead atoms. The van der Waals surface area contributed by atoms with Gasteiger partial charge in [0, 0.05) is 18.2 Å². The average molecular weight is 468 g/mol. The van der Waals surface area contributed by atoms with Crippen LogP contribution in [0.1, 0.15) is 5.56 Å². The molecule has 0 aliphatic carbocycles. The van der Waals surface area contributed by atoms with Crippen molar-refractivity contribution in [3.63, 3.8) is 0 Å². The van der Waals surface area contributed by atoms with Crippen LogP contribution < -0.4 is 20.9 Å². The predicted molar refractivity (Wildman–Crippen MR) is 93.0 cm³/mol. The Balaban J connectivity index is 2.11. The highest BCUT2D eigenvalue weighted by Crippen LogP contribution is 2.43. The van der Waals surface area contributed by atoms with Gasteiger partial charge in [-0.1, -0.05) is 0 Å². The fraction of sp³-hybridized carbons (Fsp3) is 0.0526. The normalized spacial score (nSPS) is 11.5. The van der Waals surface area contributed by atoms with Crippen LogP contribution >= 0.6 is 0 Å². The molecule has 3 rings (SSSR count). The molecule has 0 atom stereocenters. The average Bonchev–Trinajstić information content (AvgIpc) is 2.70. The number of anilines is 2. The Morgan fingerprint density at radius 2 is 1.09 bits per heavy atom. The van der Waals surface area contributed by atoms with Gasteiger partial charge in [0.05, 0.1) is 5.56 Å². The van der Waals surface area contributed by atoms with Crippen LogP contribution in [0.4, 0.5) is 50.9 Å². The van der Waals surface area contributed by atoms with Crippen LogP contribution in [-0.2, 0) is 6.18 Å². The van der Waals surface area contributed by atoms with Gasteiger partial charge in [0.2, 0.25) is 11.5 Å². The molecule has 0 aliphatic heterocycles. The van der Waals surface area contributed by atoms with Crippen LogP contribution in [0.5, 0.6) is 23.0 Å². The van der Waals surface area contributed by atoms with Crippen molar-refractivity contribution in [1.29, 1.82) is 0 Å². The van der Waals surface area contributed by atoms with E-state index in [0.717, 1.165) is 0 Å². The Kier molecular flexibility index (Phi) is 5.76. The molecule has 0 saturated carbocycles. The summed E-state index contributed by atoms with van der Waals surface area (Å²) in [5.74, 6) is -14.5. The number of benzene rings is 3. The maximum atomic E-state index is 14.1. The molecule has 0 aliphatic rings. The van der Waals surface area contributed by atoms with E-state index < -0.39 is 81.0 Å². The van der Waals surface area contributed by atoms with E-state index in [-0.39, 0.29) is 12.1 Å². The molecule has 0 spiro atoms. The first kappa shape index (κ1) is 22.9. The first-order valence-corrected chi connectivity index (χ1v) is 8.24. The lowest BCUT2D eigenvalue weighted by Crippen LogP contribution is -2.09. The van der Waals surface area contributed by atoms with E-state index in [1.165, 1.54) is 0 Å². The molecule has 4 nitrogen and oxygen atoms in total. The molecule has 0 radical (unpaired) electrons. The fourth-order valence-corrected chi connectivity index (χ4v) is 2.47. The molecule has 32 heavy (non-hydrogen) atoms. The van der Waals surface area contributed by atoms with Crippen molar-refractivity contribution in [2.45, 2.75) is 6.18 Å². The zero-order valence-electron chi connectivity index (χ0n) is 15.3. The van der Waals surface area contributed by atoms with Gasteiger partial charge < -0.3 is 20.9 Å². The third kappa shape index (κ3) is 4.18. The zero-order chi connectivity index (χ0) is 24.0. The van der Waals surface area contributed by atoms with Gasteiger partial charge in [0.1, 0.15) is 22.9 Å². The Labute approximate surface area is 172 Å². The zero-order valence-corrected chi connectivity index (χ0v) is 15.3. The van der Waals surface area contributed by atoms with Crippen molar-refractivity contribution < 1.29 is 49.0 Å². The van der Waals surface area contributed by atoms with Crippen LogP contribution in [0.2, 0.25) is 0 Å². The number of nitrogens with two attached hydrogens (primary N) is 2. The minimum atomic E-state index is -5.12. The smallest absolute Gasteiger partial charge is 0.419 e. The summed E-state index contributed by atoms with van der Waals surface area (Å²) in [6.45, 7) is 0. The van der Waals surface area contributed by atoms with Crippen molar-refractivity contribution in [2.75, 3.05) is 11.5 Å². The van der Waals surface area contributed by atoms with E-state index in [2.05, 4.69) is 4.74 Å². The number of hydrogen-bond acceptors (Lipinski definition) is 4. The van der Waals surface area contributed by atoms with Crippen molar-refractivity contribution in [2.24, 2.45) is 0 Å². The lowest BCUT2D eigenvalue weighted by Gasteiger charge is -2.17. The molecule has 170 valence electrons. The largest absolute Gasteiger partial charge is 0.451 e. The standard InChI is InChI=1S/C19H9F9N2O2/c20-8-4-10(22)17(13(24)15(8)29)31-6-1-2-7(19(26,27)28)12(3-6)32-18-11(23)5-9(21)16(30)14(18)25/h1-5H,29-30H2. The highest BCUT2D eigenvalue weighted by molar-refractivity contribution is 5.53. The van der Waals surface area contributed by atoms with E-state index in [9.17, 15) is 39.5 Å². The highest BCUT2D eigenvalue weighted by atomic mass is 19.4. The number of hydrogen-bond donors (Lipinski definition) is 2. The van der Waals surface area contributed by atoms with Crippen molar-refractivity contribution >= 4 is 11.4 Å². The molecule has 0 heterocycles. The molecule has 13 heteroatoms. The van der Waals surface area contributed by atoms with Crippen molar-refractivity contribution in [1.82, 2.24) is 0 Å². The lowest BCUT2D eigenvalue weighted by atomic mass is 10.1. The summed E-state index contributed by atoms with van der Waals surface area (Å²) < 4.78 is 132. The van der Waals surface area contributed by atoms with E-state index in [4.69, 9.17) is 16.2 Å². The molecule has 3 aromatic rings. The van der Waals surface area contributed by atoms with E-state index >= 15 is 0 Å². The molecule has 0 saturated heterocycles. The molecule has 3 aromatic carbocycles. The Hall–Kier alpha value is -3.77. The highest BCUT2D eigenvalue weighted by Gasteiger charge is 2.36. The summed E-state index contributed by atoms with van der Waals surface area (Å²) in [7, 11) is 0. The van der Waals surface area contributed by atoms with Gasteiger partial charge in [-0.3, -0.25) is 0 Å². The summed E-state index contributed by atoms with van der Waals surface area (Å²) in [6, 6.07) is 1.55. The molecule has 0 fully saturated rings. The fourth-order valence-electron chi connectivity index (χ4n) is 2.47. The number of alkyl halides is 3. The van der Waals surface area contributed by atoms with Crippen molar-refractivity contribution in [3.05, 3.63) is 70.8 Å². The van der Waals surface area contributed by atoms with Crippen molar-refractivity contribution in [3.8, 4) is 23.0 Å². The quantitative estimate of drug-likeness (QED) is 0.349. The van der Waals surface area contributed by atoms with Gasteiger partial charge in [0.15, 0.2) is 34.9 Å². The number of halogens is 9. The minimum Gasteiger partial charge on any atom is -0.451 e. The van der Waals surface area contributed by atoms with Gasteiger partial charge in [-0.15, -0.1) is 0 Å². The van der Waals surface area contributed by atoms with Gasteiger partial charge in [-0.05, 0) is 12.1 Å². The summed E-state index contributed by atoms with van der Waals surface area (Å²) in [4.78, 5) is 0. The third-order valence-electron chi connectivity index (χ3n) is 4.02. The monoisotopic (exact) mass is 468 g/mol. The van der Waals surface area contributed by atoms with Gasteiger partial charge in [-0.2, -0.15) is 13.2 Å². The number of ether oxygens (including phenoxy) is 2. The second-order valence-corrected chi connectivity index (χ2v) is 6.15. The van der Waals surface area contributed by atoms with E-state index in [1.807, 2.05) is 0 Å².